The van der Waals surface area contributed by atoms with Crippen molar-refractivity contribution in [2.24, 2.45) is 0 Å². The van der Waals surface area contributed by atoms with Crippen LogP contribution in [0.3, 0.4) is 0 Å². The van der Waals surface area contributed by atoms with E-state index in [0.29, 0.717) is 6.10 Å². The topological polar surface area (TPSA) is 34.1 Å². The molecule has 0 aromatic carbocycles. The summed E-state index contributed by atoms with van der Waals surface area (Å²) in [6.45, 7) is 2.21. The van der Waals surface area contributed by atoms with Crippen molar-refractivity contribution >= 4 is 0 Å². The van der Waals surface area contributed by atoms with Crippen LogP contribution in [0, 0.1) is 0 Å². The molecule has 0 radical (unpaired) electrons. The Morgan fingerprint density at radius 2 is 2.06 bits per heavy atom. The Morgan fingerprint density at radius 3 is 2.82 bits per heavy atom. The SMILES string of the molecule is C.C.c1cncc(O[C@@H]2CCCCNCC2)c1. The van der Waals surface area contributed by atoms with Crippen LogP contribution < -0.4 is 10.1 Å². The Hall–Kier alpha value is -1.09. The van der Waals surface area contributed by atoms with Gasteiger partial charge in [-0.2, -0.15) is 0 Å². The smallest absolute Gasteiger partial charge is 0.137 e. The first-order valence-corrected chi connectivity index (χ1v) is 5.72. The number of nitrogens with zero attached hydrogens (tertiary/aromatic N) is 1. The van der Waals surface area contributed by atoms with Gasteiger partial charge in [-0.1, -0.05) is 14.9 Å². The van der Waals surface area contributed by atoms with E-state index in [9.17, 15) is 0 Å². The molecular weight excluding hydrogens is 212 g/mol. The maximum absolute atomic E-state index is 5.89. The lowest BCUT2D eigenvalue weighted by Gasteiger charge is -2.21. The Morgan fingerprint density at radius 1 is 1.18 bits per heavy atom. The molecule has 1 aliphatic rings. The van der Waals surface area contributed by atoms with Gasteiger partial charge in [0, 0.05) is 6.20 Å². The largest absolute Gasteiger partial charge is 0.489 e. The molecule has 1 aromatic rings. The van der Waals surface area contributed by atoms with E-state index in [-0.39, 0.29) is 14.9 Å². The summed E-state index contributed by atoms with van der Waals surface area (Å²) in [6.07, 6.45) is 8.66. The number of hydrogen-bond donors (Lipinski definition) is 1. The zero-order valence-corrected chi connectivity index (χ0v) is 8.98. The van der Waals surface area contributed by atoms with Gasteiger partial charge in [0.2, 0.25) is 0 Å². The highest BCUT2D eigenvalue weighted by Gasteiger charge is 2.12. The van der Waals surface area contributed by atoms with Crippen LogP contribution in [-0.4, -0.2) is 24.2 Å². The van der Waals surface area contributed by atoms with Crippen LogP contribution in [0.15, 0.2) is 24.5 Å². The van der Waals surface area contributed by atoms with Crippen molar-refractivity contribution in [3.8, 4) is 5.75 Å². The molecule has 3 heteroatoms. The third-order valence-corrected chi connectivity index (χ3v) is 2.71. The molecule has 1 aliphatic heterocycles. The van der Waals surface area contributed by atoms with Gasteiger partial charge in [-0.25, -0.2) is 0 Å². The standard InChI is InChI=1S/C12H18N2O.2CH4/c1-2-7-13-9-6-11(4-1)15-12-5-3-8-14-10-12;;/h3,5,8,10-11,13H,1-2,4,6-7,9H2;2*1H4/t11-;;/m1../s1. The summed E-state index contributed by atoms with van der Waals surface area (Å²) in [4.78, 5) is 4.05. The Bertz CT molecular complexity index is 269. The molecule has 1 fully saturated rings. The summed E-state index contributed by atoms with van der Waals surface area (Å²) >= 11 is 0. The van der Waals surface area contributed by atoms with E-state index >= 15 is 0 Å². The van der Waals surface area contributed by atoms with Crippen molar-refractivity contribution in [2.75, 3.05) is 13.1 Å². The molecule has 0 spiro atoms. The monoisotopic (exact) mass is 238 g/mol. The zero-order chi connectivity index (χ0) is 10.3. The van der Waals surface area contributed by atoms with Crippen LogP contribution in [0.1, 0.15) is 40.5 Å². The molecule has 98 valence electrons. The van der Waals surface area contributed by atoms with E-state index in [1.54, 1.807) is 12.4 Å². The van der Waals surface area contributed by atoms with Crippen LogP contribution in [0.2, 0.25) is 0 Å². The first-order chi connectivity index (χ1) is 7.45. The number of ether oxygens (including phenoxy) is 1. The van der Waals surface area contributed by atoms with Gasteiger partial charge < -0.3 is 10.1 Å². The number of pyridine rings is 1. The zero-order valence-electron chi connectivity index (χ0n) is 8.98. The van der Waals surface area contributed by atoms with Crippen LogP contribution in [0.5, 0.6) is 5.75 Å². The minimum absolute atomic E-state index is 0. The Balaban J connectivity index is 0.00000128. The Kier molecular flexibility index (Phi) is 8.42. The van der Waals surface area contributed by atoms with Gasteiger partial charge in [-0.15, -0.1) is 0 Å². The molecule has 1 saturated heterocycles. The molecule has 0 amide bonds. The second-order valence-electron chi connectivity index (χ2n) is 3.96. The van der Waals surface area contributed by atoms with Crippen molar-refractivity contribution < 1.29 is 4.74 Å². The van der Waals surface area contributed by atoms with Gasteiger partial charge in [0.25, 0.3) is 0 Å². The minimum Gasteiger partial charge on any atom is -0.489 e. The average Bonchev–Trinajstić information content (AvgIpc) is 2.23. The van der Waals surface area contributed by atoms with Gasteiger partial charge in [0.15, 0.2) is 0 Å². The lowest BCUT2D eigenvalue weighted by Crippen LogP contribution is -2.28. The van der Waals surface area contributed by atoms with Crippen LogP contribution in [-0.2, 0) is 0 Å². The lowest BCUT2D eigenvalue weighted by atomic mass is 10.1. The van der Waals surface area contributed by atoms with Crippen molar-refractivity contribution in [3.63, 3.8) is 0 Å². The predicted molar refractivity (Wildman–Crippen MR) is 73.5 cm³/mol. The summed E-state index contributed by atoms with van der Waals surface area (Å²) in [5.41, 5.74) is 0. The summed E-state index contributed by atoms with van der Waals surface area (Å²) in [7, 11) is 0. The highest BCUT2D eigenvalue weighted by atomic mass is 16.5. The molecular formula is C14H26N2O. The van der Waals surface area contributed by atoms with Crippen molar-refractivity contribution in [1.29, 1.82) is 0 Å². The molecule has 3 nitrogen and oxygen atoms in total. The van der Waals surface area contributed by atoms with Gasteiger partial charge in [0.1, 0.15) is 5.75 Å². The molecule has 1 aromatic heterocycles. The van der Waals surface area contributed by atoms with Crippen LogP contribution in [0.25, 0.3) is 0 Å². The van der Waals surface area contributed by atoms with E-state index in [1.165, 1.54) is 12.8 Å². The quantitative estimate of drug-likeness (QED) is 0.858. The summed E-state index contributed by atoms with van der Waals surface area (Å²) < 4.78 is 5.89. The van der Waals surface area contributed by atoms with Crippen LogP contribution >= 0.6 is 0 Å². The van der Waals surface area contributed by atoms with E-state index in [2.05, 4.69) is 10.3 Å². The Labute approximate surface area is 106 Å². The third-order valence-electron chi connectivity index (χ3n) is 2.71. The van der Waals surface area contributed by atoms with Gasteiger partial charge in [-0.05, 0) is 50.9 Å². The first-order valence-electron chi connectivity index (χ1n) is 5.72. The fraction of sp³-hybridized carbons (Fsp3) is 0.643. The molecule has 17 heavy (non-hydrogen) atoms. The molecule has 0 unspecified atom stereocenters. The molecule has 1 N–H and O–H groups in total. The normalized spacial score (nSPS) is 20.1. The van der Waals surface area contributed by atoms with Gasteiger partial charge >= 0.3 is 0 Å². The van der Waals surface area contributed by atoms with Crippen molar-refractivity contribution in [1.82, 2.24) is 10.3 Å². The molecule has 1 atom stereocenters. The minimum atomic E-state index is 0. The molecule has 2 rings (SSSR count). The second-order valence-corrected chi connectivity index (χ2v) is 3.96. The fourth-order valence-corrected chi connectivity index (χ4v) is 1.88. The van der Waals surface area contributed by atoms with E-state index < -0.39 is 0 Å². The maximum atomic E-state index is 5.89. The number of hydrogen-bond acceptors (Lipinski definition) is 3. The van der Waals surface area contributed by atoms with E-state index in [4.69, 9.17) is 4.74 Å². The van der Waals surface area contributed by atoms with Gasteiger partial charge in [-0.3, -0.25) is 4.98 Å². The lowest BCUT2D eigenvalue weighted by molar-refractivity contribution is 0.170. The predicted octanol–water partition coefficient (Wildman–Crippen LogP) is 3.26. The van der Waals surface area contributed by atoms with Crippen molar-refractivity contribution in [2.45, 2.75) is 46.6 Å². The van der Waals surface area contributed by atoms with E-state index in [0.717, 1.165) is 31.7 Å². The second kappa shape index (κ2) is 8.99. The fourth-order valence-electron chi connectivity index (χ4n) is 1.88. The number of nitrogens with one attached hydrogen (secondary N) is 1. The van der Waals surface area contributed by atoms with Crippen LogP contribution in [0.4, 0.5) is 0 Å². The van der Waals surface area contributed by atoms with E-state index in [1.807, 2.05) is 12.1 Å². The summed E-state index contributed by atoms with van der Waals surface area (Å²) in [5, 5.41) is 3.41. The third kappa shape index (κ3) is 5.68. The molecule has 2 heterocycles. The van der Waals surface area contributed by atoms with Crippen molar-refractivity contribution in [3.05, 3.63) is 24.5 Å². The highest BCUT2D eigenvalue weighted by molar-refractivity contribution is 5.15. The molecule has 0 aliphatic carbocycles. The average molecular weight is 238 g/mol. The summed E-state index contributed by atoms with van der Waals surface area (Å²) in [6, 6.07) is 3.88. The molecule has 0 saturated carbocycles. The summed E-state index contributed by atoms with van der Waals surface area (Å²) in [5.74, 6) is 0.892. The number of aromatic nitrogens is 1. The van der Waals surface area contributed by atoms with Gasteiger partial charge in [0.05, 0.1) is 12.3 Å². The maximum Gasteiger partial charge on any atom is 0.137 e. The number of rotatable bonds is 2. The molecule has 0 bridgehead atoms. The highest BCUT2D eigenvalue weighted by Crippen LogP contribution is 2.15. The first kappa shape index (κ1) is 15.9.